The molecule has 0 aromatic carbocycles. The Morgan fingerprint density at radius 2 is 2.07 bits per heavy atom. The van der Waals surface area contributed by atoms with Gasteiger partial charge in [0.15, 0.2) is 0 Å². The van der Waals surface area contributed by atoms with Crippen molar-refractivity contribution >= 4 is 0 Å². The van der Waals surface area contributed by atoms with Crippen LogP contribution in [0.2, 0.25) is 0 Å². The van der Waals surface area contributed by atoms with Crippen molar-refractivity contribution < 1.29 is 4.74 Å². The maximum absolute atomic E-state index is 5.97. The van der Waals surface area contributed by atoms with E-state index in [-0.39, 0.29) is 0 Å². The maximum Gasteiger partial charge on any atom is 0.0605 e. The second-order valence-corrected chi connectivity index (χ2v) is 5.39. The molecule has 0 saturated heterocycles. The van der Waals surface area contributed by atoms with Gasteiger partial charge in [0.25, 0.3) is 0 Å². The number of hydrogen-bond donors (Lipinski definition) is 1. The van der Waals surface area contributed by atoms with E-state index in [2.05, 4.69) is 6.92 Å². The Hall–Kier alpha value is -0.0800. The van der Waals surface area contributed by atoms with Crippen molar-refractivity contribution in [2.45, 2.75) is 45.1 Å². The van der Waals surface area contributed by atoms with Gasteiger partial charge >= 0.3 is 0 Å². The fourth-order valence-electron chi connectivity index (χ4n) is 3.86. The number of rotatable bonds is 3. The molecule has 2 aliphatic carbocycles. The third kappa shape index (κ3) is 1.49. The Kier molecular flexibility index (Phi) is 2.85. The van der Waals surface area contributed by atoms with Crippen LogP contribution in [-0.4, -0.2) is 19.8 Å². The van der Waals surface area contributed by atoms with Crippen molar-refractivity contribution in [2.24, 2.45) is 23.0 Å². The zero-order valence-corrected chi connectivity index (χ0v) is 9.46. The van der Waals surface area contributed by atoms with E-state index >= 15 is 0 Å². The third-order valence-electron chi connectivity index (χ3n) is 4.46. The zero-order valence-electron chi connectivity index (χ0n) is 9.46. The van der Waals surface area contributed by atoms with Gasteiger partial charge in [-0.3, -0.25) is 0 Å². The molecular weight excluding hydrogens is 174 g/mol. The van der Waals surface area contributed by atoms with Crippen molar-refractivity contribution in [1.82, 2.24) is 0 Å². The molecule has 0 spiro atoms. The molecule has 2 atom stereocenters. The summed E-state index contributed by atoms with van der Waals surface area (Å²) in [5.74, 6) is 1.63. The SMILES string of the molecule is COC1CCCC1C1(CN)CC(C)C1. The summed E-state index contributed by atoms with van der Waals surface area (Å²) in [4.78, 5) is 0. The number of hydrogen-bond acceptors (Lipinski definition) is 2. The van der Waals surface area contributed by atoms with Crippen LogP contribution in [0.1, 0.15) is 39.0 Å². The van der Waals surface area contributed by atoms with E-state index < -0.39 is 0 Å². The standard InChI is InChI=1S/C12H23NO/c1-9-6-12(7-9,8-13)10-4-3-5-11(10)14-2/h9-11H,3-8,13H2,1-2H3. The van der Waals surface area contributed by atoms with Crippen molar-refractivity contribution in [2.75, 3.05) is 13.7 Å². The minimum absolute atomic E-state index is 0.441. The molecule has 0 amide bonds. The fraction of sp³-hybridized carbons (Fsp3) is 1.00. The van der Waals surface area contributed by atoms with Crippen LogP contribution in [0.25, 0.3) is 0 Å². The average molecular weight is 197 g/mol. The normalized spacial score (nSPS) is 47.8. The highest BCUT2D eigenvalue weighted by Gasteiger charge is 2.50. The van der Waals surface area contributed by atoms with Gasteiger partial charge in [-0.1, -0.05) is 13.3 Å². The molecule has 0 radical (unpaired) electrons. The van der Waals surface area contributed by atoms with Crippen molar-refractivity contribution in [1.29, 1.82) is 0 Å². The van der Waals surface area contributed by atoms with Crippen LogP contribution in [0.3, 0.4) is 0 Å². The predicted molar refractivity (Wildman–Crippen MR) is 58.0 cm³/mol. The third-order valence-corrected chi connectivity index (χ3v) is 4.46. The van der Waals surface area contributed by atoms with Crippen LogP contribution in [-0.2, 0) is 4.74 Å². The highest BCUT2D eigenvalue weighted by molar-refractivity contribution is 5.01. The minimum atomic E-state index is 0.441. The summed E-state index contributed by atoms with van der Waals surface area (Å²) in [5, 5.41) is 0. The van der Waals surface area contributed by atoms with Gasteiger partial charge in [-0.2, -0.15) is 0 Å². The summed E-state index contributed by atoms with van der Waals surface area (Å²) in [7, 11) is 1.86. The van der Waals surface area contributed by atoms with Crippen molar-refractivity contribution in [3.63, 3.8) is 0 Å². The summed E-state index contributed by atoms with van der Waals surface area (Å²) in [6, 6.07) is 0. The molecule has 82 valence electrons. The molecule has 2 aliphatic rings. The van der Waals surface area contributed by atoms with E-state index in [9.17, 15) is 0 Å². The molecule has 0 aliphatic heterocycles. The number of ether oxygens (including phenoxy) is 1. The Bertz CT molecular complexity index is 198. The molecule has 14 heavy (non-hydrogen) atoms. The summed E-state index contributed by atoms with van der Waals surface area (Å²) in [6.07, 6.45) is 7.06. The predicted octanol–water partition coefficient (Wildman–Crippen LogP) is 2.18. The largest absolute Gasteiger partial charge is 0.381 e. The van der Waals surface area contributed by atoms with Crippen LogP contribution in [0.5, 0.6) is 0 Å². The van der Waals surface area contributed by atoms with Crippen LogP contribution in [0.4, 0.5) is 0 Å². The average Bonchev–Trinajstić information content (AvgIpc) is 2.60. The summed E-state index contributed by atoms with van der Waals surface area (Å²) in [5.41, 5.74) is 6.41. The van der Waals surface area contributed by atoms with Crippen molar-refractivity contribution in [3.05, 3.63) is 0 Å². The molecular formula is C12H23NO. The second kappa shape index (κ2) is 3.82. The van der Waals surface area contributed by atoms with E-state index in [0.717, 1.165) is 18.4 Å². The van der Waals surface area contributed by atoms with Gasteiger partial charge in [0.05, 0.1) is 6.10 Å². The first-order chi connectivity index (χ1) is 6.72. The molecule has 2 rings (SSSR count). The Morgan fingerprint density at radius 1 is 1.36 bits per heavy atom. The molecule has 2 unspecified atom stereocenters. The van der Waals surface area contributed by atoms with E-state index in [1.165, 1.54) is 32.1 Å². The van der Waals surface area contributed by atoms with Gasteiger partial charge < -0.3 is 10.5 Å². The van der Waals surface area contributed by atoms with Gasteiger partial charge in [-0.15, -0.1) is 0 Å². The molecule has 2 fully saturated rings. The molecule has 2 heteroatoms. The molecule has 0 heterocycles. The van der Waals surface area contributed by atoms with Crippen molar-refractivity contribution in [3.8, 4) is 0 Å². The zero-order chi connectivity index (χ0) is 10.2. The lowest BCUT2D eigenvalue weighted by Crippen LogP contribution is -2.50. The molecule has 0 bridgehead atoms. The lowest BCUT2D eigenvalue weighted by molar-refractivity contribution is -0.0559. The maximum atomic E-state index is 5.97. The molecule has 2 N–H and O–H groups in total. The number of nitrogens with two attached hydrogens (primary N) is 1. The van der Waals surface area contributed by atoms with E-state index in [4.69, 9.17) is 10.5 Å². The van der Waals surface area contributed by atoms with Crippen LogP contribution in [0.15, 0.2) is 0 Å². The Labute approximate surface area is 87.2 Å². The molecule has 2 saturated carbocycles. The van der Waals surface area contributed by atoms with Gasteiger partial charge in [-0.05, 0) is 49.5 Å². The Balaban J connectivity index is 2.04. The Morgan fingerprint density at radius 3 is 2.57 bits per heavy atom. The summed E-state index contributed by atoms with van der Waals surface area (Å²) in [6.45, 7) is 3.20. The lowest BCUT2D eigenvalue weighted by atomic mass is 9.55. The second-order valence-electron chi connectivity index (χ2n) is 5.39. The summed E-state index contributed by atoms with van der Waals surface area (Å²) >= 11 is 0. The highest BCUT2D eigenvalue weighted by atomic mass is 16.5. The monoisotopic (exact) mass is 197 g/mol. The molecule has 2 nitrogen and oxygen atoms in total. The number of methoxy groups -OCH3 is 1. The minimum Gasteiger partial charge on any atom is -0.381 e. The van der Waals surface area contributed by atoms with Gasteiger partial charge in [-0.25, -0.2) is 0 Å². The molecule has 0 aromatic heterocycles. The topological polar surface area (TPSA) is 35.2 Å². The summed E-state index contributed by atoms with van der Waals surface area (Å²) < 4.78 is 5.59. The highest BCUT2D eigenvalue weighted by Crippen LogP contribution is 2.55. The first-order valence-electron chi connectivity index (χ1n) is 5.95. The van der Waals surface area contributed by atoms with Gasteiger partial charge in [0.1, 0.15) is 0 Å². The lowest BCUT2D eigenvalue weighted by Gasteiger charge is -2.51. The van der Waals surface area contributed by atoms with Crippen LogP contribution >= 0.6 is 0 Å². The van der Waals surface area contributed by atoms with Crippen LogP contribution < -0.4 is 5.73 Å². The van der Waals surface area contributed by atoms with Gasteiger partial charge in [0.2, 0.25) is 0 Å². The fourth-order valence-corrected chi connectivity index (χ4v) is 3.86. The van der Waals surface area contributed by atoms with Crippen LogP contribution in [0, 0.1) is 17.3 Å². The first kappa shape index (κ1) is 10.4. The van der Waals surface area contributed by atoms with Gasteiger partial charge in [0, 0.05) is 7.11 Å². The van der Waals surface area contributed by atoms with E-state index in [1.54, 1.807) is 0 Å². The quantitative estimate of drug-likeness (QED) is 0.752. The molecule has 0 aromatic rings. The van der Waals surface area contributed by atoms with E-state index in [1.807, 2.05) is 7.11 Å². The first-order valence-corrected chi connectivity index (χ1v) is 5.95. The van der Waals surface area contributed by atoms with E-state index in [0.29, 0.717) is 11.5 Å². The smallest absolute Gasteiger partial charge is 0.0605 e.